The fourth-order valence-electron chi connectivity index (χ4n) is 4.20. The maximum atomic E-state index is 12.5. The third-order valence-corrected chi connectivity index (χ3v) is 6.11. The quantitative estimate of drug-likeness (QED) is 0.352. The van der Waals surface area contributed by atoms with E-state index in [0.29, 0.717) is 24.8 Å². The minimum atomic E-state index is -1.60. The molecule has 0 aliphatic carbocycles. The van der Waals surface area contributed by atoms with Gasteiger partial charge in [-0.15, -0.1) is 0 Å². The van der Waals surface area contributed by atoms with Gasteiger partial charge in [0.15, 0.2) is 0 Å². The second kappa shape index (κ2) is 10.2. The summed E-state index contributed by atoms with van der Waals surface area (Å²) < 4.78 is 21.6. The molecule has 0 bridgehead atoms. The van der Waals surface area contributed by atoms with Crippen LogP contribution in [0, 0.1) is 0 Å². The van der Waals surface area contributed by atoms with E-state index in [-0.39, 0.29) is 17.1 Å². The Morgan fingerprint density at radius 1 is 1.03 bits per heavy atom. The lowest BCUT2D eigenvalue weighted by atomic mass is 9.94. The highest BCUT2D eigenvalue weighted by molar-refractivity contribution is 5.95. The van der Waals surface area contributed by atoms with Gasteiger partial charge >= 0.3 is 5.97 Å². The first-order chi connectivity index (χ1) is 16.3. The van der Waals surface area contributed by atoms with Crippen molar-refractivity contribution in [3.8, 4) is 17.2 Å². The summed E-state index contributed by atoms with van der Waals surface area (Å²) in [7, 11) is 1.60. The van der Waals surface area contributed by atoms with Gasteiger partial charge < -0.3 is 44.5 Å². The Hall–Kier alpha value is -2.89. The number of aliphatic hydroxyl groups is 4. The Morgan fingerprint density at radius 3 is 2.44 bits per heavy atom. The van der Waals surface area contributed by atoms with Crippen LogP contribution in [0.4, 0.5) is 0 Å². The van der Waals surface area contributed by atoms with Gasteiger partial charge in [0, 0.05) is 12.5 Å². The Labute approximate surface area is 195 Å². The number of rotatable bonds is 7. The topological polar surface area (TPSA) is 155 Å². The van der Waals surface area contributed by atoms with Crippen LogP contribution in [-0.4, -0.2) is 82.0 Å². The lowest BCUT2D eigenvalue weighted by Gasteiger charge is -2.39. The van der Waals surface area contributed by atoms with Crippen molar-refractivity contribution in [1.82, 2.24) is 0 Å². The van der Waals surface area contributed by atoms with Crippen LogP contribution in [0.5, 0.6) is 17.2 Å². The van der Waals surface area contributed by atoms with Crippen molar-refractivity contribution in [1.29, 1.82) is 0 Å². The third kappa shape index (κ3) is 4.96. The van der Waals surface area contributed by atoms with Gasteiger partial charge in [-0.25, -0.2) is 4.79 Å². The van der Waals surface area contributed by atoms with Crippen LogP contribution in [-0.2, 0) is 22.3 Å². The first-order valence-electron chi connectivity index (χ1n) is 11.0. The Balaban J connectivity index is 1.47. The number of fused-ring (bicyclic) bond motifs is 1. The molecule has 2 aromatic carbocycles. The highest BCUT2D eigenvalue weighted by atomic mass is 16.7. The van der Waals surface area contributed by atoms with E-state index < -0.39 is 49.4 Å². The molecule has 6 atom stereocenters. The lowest BCUT2D eigenvalue weighted by molar-refractivity contribution is -0.277. The van der Waals surface area contributed by atoms with Crippen molar-refractivity contribution in [3.63, 3.8) is 0 Å². The average molecular weight is 476 g/mol. The van der Waals surface area contributed by atoms with Gasteiger partial charge in [-0.05, 0) is 42.2 Å². The van der Waals surface area contributed by atoms with Crippen LogP contribution in [0.2, 0.25) is 0 Å². The van der Waals surface area contributed by atoms with Crippen molar-refractivity contribution in [2.45, 2.75) is 56.1 Å². The van der Waals surface area contributed by atoms with Gasteiger partial charge in [-0.1, -0.05) is 12.1 Å². The molecule has 0 spiro atoms. The number of hydrogen-bond donors (Lipinski definition) is 5. The first-order valence-corrected chi connectivity index (χ1v) is 11.0. The van der Waals surface area contributed by atoms with Crippen LogP contribution in [0.1, 0.15) is 27.9 Å². The fourth-order valence-corrected chi connectivity index (χ4v) is 4.20. The Kier molecular flexibility index (Phi) is 7.24. The predicted molar refractivity (Wildman–Crippen MR) is 117 cm³/mol. The number of aryl methyl sites for hydroxylation is 1. The zero-order chi connectivity index (χ0) is 24.4. The number of aliphatic hydroxyl groups excluding tert-OH is 4. The monoisotopic (exact) mass is 476 g/mol. The van der Waals surface area contributed by atoms with Crippen molar-refractivity contribution in [2.75, 3.05) is 13.7 Å². The molecule has 5 N–H and O–H groups in total. The number of phenolic OH excluding ortho intramolecular Hbond substituents is 1. The second-order valence-electron chi connectivity index (χ2n) is 8.41. The number of ether oxygens (including phenoxy) is 4. The summed E-state index contributed by atoms with van der Waals surface area (Å²) in [6.07, 6.45) is -6.09. The number of hydrogen-bond acceptors (Lipinski definition) is 10. The number of aromatic hydroxyl groups is 1. The van der Waals surface area contributed by atoms with E-state index in [9.17, 15) is 30.3 Å². The number of carbonyl (C=O) groups is 1. The molecule has 4 rings (SSSR count). The molecule has 0 aromatic heterocycles. The molecule has 184 valence electrons. The van der Waals surface area contributed by atoms with E-state index in [1.54, 1.807) is 7.11 Å². The number of carbonyl (C=O) groups excluding carboxylic acids is 1. The summed E-state index contributed by atoms with van der Waals surface area (Å²) in [5.74, 6) is -0.151. The zero-order valence-electron chi connectivity index (χ0n) is 18.5. The molecule has 0 amide bonds. The van der Waals surface area contributed by atoms with Crippen LogP contribution >= 0.6 is 0 Å². The summed E-state index contributed by atoms with van der Waals surface area (Å²) in [4.78, 5) is 12.5. The highest BCUT2D eigenvalue weighted by Gasteiger charge is 2.45. The number of cyclic esters (lactones) is 1. The first kappa shape index (κ1) is 24.2. The van der Waals surface area contributed by atoms with E-state index in [1.807, 2.05) is 24.3 Å². The molecular weight excluding hydrogens is 448 g/mol. The van der Waals surface area contributed by atoms with Crippen molar-refractivity contribution >= 4 is 5.97 Å². The van der Waals surface area contributed by atoms with Crippen LogP contribution in [0.3, 0.4) is 0 Å². The van der Waals surface area contributed by atoms with Gasteiger partial charge in [-0.3, -0.25) is 0 Å². The highest BCUT2D eigenvalue weighted by Crippen LogP contribution is 2.35. The fraction of sp³-hybridized carbons (Fsp3) is 0.458. The minimum absolute atomic E-state index is 0.0434. The van der Waals surface area contributed by atoms with E-state index in [2.05, 4.69) is 0 Å². The summed E-state index contributed by atoms with van der Waals surface area (Å²) >= 11 is 0. The van der Waals surface area contributed by atoms with Crippen molar-refractivity contribution in [3.05, 3.63) is 53.1 Å². The maximum absolute atomic E-state index is 12.5. The third-order valence-electron chi connectivity index (χ3n) is 6.11. The summed E-state index contributed by atoms with van der Waals surface area (Å²) in [6.45, 7) is -0.595. The lowest BCUT2D eigenvalue weighted by Crippen LogP contribution is -2.60. The molecule has 2 aliphatic heterocycles. The summed E-state index contributed by atoms with van der Waals surface area (Å²) in [6, 6.07) is 10.3. The number of benzene rings is 2. The summed E-state index contributed by atoms with van der Waals surface area (Å²) in [5, 5.41) is 49.8. The number of methoxy groups -OCH3 is 1. The molecule has 2 heterocycles. The number of phenols is 1. The number of esters is 1. The van der Waals surface area contributed by atoms with Gasteiger partial charge in [0.2, 0.25) is 6.29 Å². The van der Waals surface area contributed by atoms with Gasteiger partial charge in [-0.2, -0.15) is 0 Å². The van der Waals surface area contributed by atoms with Crippen molar-refractivity contribution < 1.29 is 49.3 Å². The smallest absolute Gasteiger partial charge is 0.342 e. The van der Waals surface area contributed by atoms with Crippen LogP contribution in [0.25, 0.3) is 0 Å². The molecule has 10 nitrogen and oxygen atoms in total. The standard InChI is InChI=1S/C24H28O10/c1-31-14-5-2-12(3-6-14)4-7-15-8-13-9-16(10-17(26)19(13)23(30)32-15)33-24-22(29)21(28)20(27)18(11-25)34-24/h2-3,5-6,9-10,15,18,20-22,24-29H,4,7-8,11H2,1H3/t15-,18+,20+,21-,22+,24+/m0/s1. The van der Waals surface area contributed by atoms with E-state index >= 15 is 0 Å². The molecular formula is C24H28O10. The van der Waals surface area contributed by atoms with E-state index in [4.69, 9.17) is 18.9 Å². The van der Waals surface area contributed by atoms with Crippen molar-refractivity contribution in [2.24, 2.45) is 0 Å². The summed E-state index contributed by atoms with van der Waals surface area (Å²) in [5.41, 5.74) is 1.61. The molecule has 1 saturated heterocycles. The Bertz CT molecular complexity index is 1010. The average Bonchev–Trinajstić information content (AvgIpc) is 2.83. The molecule has 0 unspecified atom stereocenters. The molecule has 2 aromatic rings. The second-order valence-corrected chi connectivity index (χ2v) is 8.41. The van der Waals surface area contributed by atoms with Gasteiger partial charge in [0.05, 0.1) is 13.7 Å². The molecule has 0 radical (unpaired) electrons. The molecule has 0 saturated carbocycles. The Morgan fingerprint density at radius 2 is 1.76 bits per heavy atom. The molecule has 2 aliphatic rings. The van der Waals surface area contributed by atoms with Crippen LogP contribution < -0.4 is 9.47 Å². The maximum Gasteiger partial charge on any atom is 0.342 e. The van der Waals surface area contributed by atoms with Gasteiger partial charge in [0.25, 0.3) is 0 Å². The minimum Gasteiger partial charge on any atom is -0.507 e. The van der Waals surface area contributed by atoms with Gasteiger partial charge in [0.1, 0.15) is 53.3 Å². The van der Waals surface area contributed by atoms with E-state index in [0.717, 1.165) is 11.3 Å². The predicted octanol–water partition coefficient (Wildman–Crippen LogP) is 0.294. The largest absolute Gasteiger partial charge is 0.507 e. The molecule has 10 heteroatoms. The molecule has 34 heavy (non-hydrogen) atoms. The molecule has 1 fully saturated rings. The SMILES string of the molecule is COc1ccc(CC[C@H]2Cc3cc(O[C@@H]4O[C@H](CO)[C@@H](O)[C@H](O)[C@H]4O)cc(O)c3C(=O)O2)cc1. The normalized spacial score (nSPS) is 28.7. The van der Waals surface area contributed by atoms with Crippen LogP contribution in [0.15, 0.2) is 36.4 Å². The zero-order valence-corrected chi connectivity index (χ0v) is 18.5. The van der Waals surface area contributed by atoms with E-state index in [1.165, 1.54) is 12.1 Å².